The molecule has 2 atom stereocenters. The zero-order chi connectivity index (χ0) is 24.7. The number of hydrogen-bond donors (Lipinski definition) is 4. The number of nitrogens with one attached hydrogen (secondary N) is 3. The molecule has 0 radical (unpaired) electrons. The maximum absolute atomic E-state index is 12.7. The van der Waals surface area contributed by atoms with Crippen LogP contribution in [0.2, 0.25) is 0 Å². The van der Waals surface area contributed by atoms with Crippen LogP contribution < -0.4 is 16.0 Å². The largest absolute Gasteiger partial charge is 0.490 e. The van der Waals surface area contributed by atoms with E-state index in [0.29, 0.717) is 11.7 Å². The summed E-state index contributed by atoms with van der Waals surface area (Å²) in [5.74, 6) is -2.83. The Kier molecular flexibility index (Phi) is 8.26. The van der Waals surface area contributed by atoms with Crippen LogP contribution in [0.1, 0.15) is 37.3 Å². The Morgan fingerprint density at radius 2 is 1.82 bits per heavy atom. The second-order valence-electron chi connectivity index (χ2n) is 8.20. The SMILES string of the molecule is O=C(Cn1cc(NC(=O)[C@@H]2CCN[C@H](c3ccccc3)C2)cn1)NC1CC1.O=C(O)C(F)(F)F. The van der Waals surface area contributed by atoms with Crippen LogP contribution in [0.5, 0.6) is 0 Å². The van der Waals surface area contributed by atoms with Gasteiger partial charge in [-0.3, -0.25) is 14.3 Å². The van der Waals surface area contributed by atoms with Crippen molar-refractivity contribution in [3.63, 3.8) is 0 Å². The number of piperidine rings is 1. The van der Waals surface area contributed by atoms with Gasteiger partial charge in [0.15, 0.2) is 0 Å². The van der Waals surface area contributed by atoms with Gasteiger partial charge in [-0.15, -0.1) is 0 Å². The van der Waals surface area contributed by atoms with E-state index < -0.39 is 12.1 Å². The van der Waals surface area contributed by atoms with Gasteiger partial charge in [-0.1, -0.05) is 30.3 Å². The molecule has 2 fully saturated rings. The zero-order valence-corrected chi connectivity index (χ0v) is 18.2. The van der Waals surface area contributed by atoms with E-state index in [1.165, 1.54) is 5.56 Å². The van der Waals surface area contributed by atoms with Gasteiger partial charge in [0, 0.05) is 24.2 Å². The molecule has 1 saturated carbocycles. The van der Waals surface area contributed by atoms with Crippen molar-refractivity contribution in [2.24, 2.45) is 5.92 Å². The molecule has 2 amide bonds. The summed E-state index contributed by atoms with van der Waals surface area (Å²) in [4.78, 5) is 33.4. The number of rotatable bonds is 6. The van der Waals surface area contributed by atoms with Gasteiger partial charge in [0.05, 0.1) is 11.9 Å². The summed E-state index contributed by atoms with van der Waals surface area (Å²) < 4.78 is 33.3. The maximum Gasteiger partial charge on any atom is 0.490 e. The number of anilines is 1. The lowest BCUT2D eigenvalue weighted by molar-refractivity contribution is -0.192. The van der Waals surface area contributed by atoms with Gasteiger partial charge in [0.2, 0.25) is 11.8 Å². The number of hydrogen-bond acceptors (Lipinski definition) is 5. The third-order valence-corrected chi connectivity index (χ3v) is 5.37. The third kappa shape index (κ3) is 7.87. The fraction of sp³-hybridized carbons (Fsp3) is 0.455. The number of amides is 2. The van der Waals surface area contributed by atoms with Crippen LogP contribution in [0.15, 0.2) is 42.7 Å². The summed E-state index contributed by atoms with van der Waals surface area (Å²) in [6.45, 7) is 0.994. The molecule has 1 aromatic heterocycles. The highest BCUT2D eigenvalue weighted by atomic mass is 19.4. The van der Waals surface area contributed by atoms with Crippen molar-refractivity contribution in [3.8, 4) is 0 Å². The van der Waals surface area contributed by atoms with Crippen molar-refractivity contribution < 1.29 is 32.7 Å². The van der Waals surface area contributed by atoms with Gasteiger partial charge in [0.1, 0.15) is 6.54 Å². The van der Waals surface area contributed by atoms with E-state index in [0.717, 1.165) is 32.2 Å². The molecule has 34 heavy (non-hydrogen) atoms. The predicted octanol–water partition coefficient (Wildman–Crippen LogP) is 2.47. The fourth-order valence-corrected chi connectivity index (χ4v) is 3.50. The Labute approximate surface area is 193 Å². The van der Waals surface area contributed by atoms with Crippen molar-refractivity contribution in [3.05, 3.63) is 48.3 Å². The summed E-state index contributed by atoms with van der Waals surface area (Å²) in [7, 11) is 0. The van der Waals surface area contributed by atoms with Crippen LogP contribution in [0.3, 0.4) is 0 Å². The predicted molar refractivity (Wildman–Crippen MR) is 116 cm³/mol. The van der Waals surface area contributed by atoms with Crippen molar-refractivity contribution in [2.45, 2.75) is 50.5 Å². The first-order valence-electron chi connectivity index (χ1n) is 10.8. The summed E-state index contributed by atoms with van der Waals surface area (Å²) in [6.07, 6.45) is 1.93. The number of aromatic nitrogens is 2. The molecule has 0 spiro atoms. The quantitative estimate of drug-likeness (QED) is 0.502. The van der Waals surface area contributed by atoms with Crippen molar-refractivity contribution in [2.75, 3.05) is 11.9 Å². The molecule has 4 N–H and O–H groups in total. The lowest BCUT2D eigenvalue weighted by Crippen LogP contribution is -2.37. The number of halogens is 3. The molecule has 2 aliphatic rings. The Morgan fingerprint density at radius 3 is 2.44 bits per heavy atom. The van der Waals surface area contributed by atoms with Crippen molar-refractivity contribution in [1.29, 1.82) is 0 Å². The highest BCUT2D eigenvalue weighted by Gasteiger charge is 2.38. The summed E-state index contributed by atoms with van der Waals surface area (Å²) in [6, 6.07) is 10.8. The summed E-state index contributed by atoms with van der Waals surface area (Å²) >= 11 is 0. The lowest BCUT2D eigenvalue weighted by Gasteiger charge is -2.29. The van der Waals surface area contributed by atoms with Gasteiger partial charge in [-0.2, -0.15) is 18.3 Å². The number of alkyl halides is 3. The number of carboxylic acids is 1. The molecular weight excluding hydrogens is 455 g/mol. The third-order valence-electron chi connectivity index (χ3n) is 5.37. The molecule has 1 saturated heterocycles. The standard InChI is InChI=1S/C20H25N5O2.C2HF3O2/c26-19(23-16-6-7-16)13-25-12-17(11-22-25)24-20(27)15-8-9-21-18(10-15)14-4-2-1-3-5-14;3-2(4,5)1(6)7/h1-5,11-12,15-16,18,21H,6-10,13H2,(H,23,26)(H,24,27);(H,6,7)/t15-,18+;/m1./s1. The molecule has 9 nitrogen and oxygen atoms in total. The zero-order valence-electron chi connectivity index (χ0n) is 18.2. The average Bonchev–Trinajstić information content (AvgIpc) is 3.51. The van der Waals surface area contributed by atoms with Crippen molar-refractivity contribution >= 4 is 23.5 Å². The van der Waals surface area contributed by atoms with Gasteiger partial charge in [-0.25, -0.2) is 4.79 Å². The van der Waals surface area contributed by atoms with E-state index >= 15 is 0 Å². The summed E-state index contributed by atoms with van der Waals surface area (Å²) in [5, 5.41) is 20.7. The lowest BCUT2D eigenvalue weighted by atomic mass is 9.88. The molecule has 4 rings (SSSR count). The van der Waals surface area contributed by atoms with E-state index in [1.807, 2.05) is 18.2 Å². The normalized spacial score (nSPS) is 20.0. The molecule has 12 heteroatoms. The molecule has 2 heterocycles. The second-order valence-corrected chi connectivity index (χ2v) is 8.20. The molecule has 1 aromatic carbocycles. The Hall–Kier alpha value is -3.41. The highest BCUT2D eigenvalue weighted by molar-refractivity contribution is 5.92. The maximum atomic E-state index is 12.7. The van der Waals surface area contributed by atoms with Gasteiger partial charge < -0.3 is 21.1 Å². The van der Waals surface area contributed by atoms with Crippen LogP contribution in [-0.2, 0) is 20.9 Å². The number of benzene rings is 1. The first kappa shape index (κ1) is 25.2. The molecule has 0 unspecified atom stereocenters. The van der Waals surface area contributed by atoms with E-state index in [2.05, 4.69) is 33.2 Å². The Bertz CT molecular complexity index is 992. The number of nitrogens with zero attached hydrogens (tertiary/aromatic N) is 2. The van der Waals surface area contributed by atoms with Crippen LogP contribution in [0, 0.1) is 5.92 Å². The van der Waals surface area contributed by atoms with E-state index in [4.69, 9.17) is 9.90 Å². The van der Waals surface area contributed by atoms with Gasteiger partial charge in [-0.05, 0) is 37.8 Å². The topological polar surface area (TPSA) is 125 Å². The minimum atomic E-state index is -5.08. The first-order chi connectivity index (χ1) is 16.1. The summed E-state index contributed by atoms with van der Waals surface area (Å²) in [5.41, 5.74) is 1.85. The molecular formula is C22H26F3N5O4. The molecule has 0 bridgehead atoms. The number of carbonyl (C=O) groups is 3. The van der Waals surface area contributed by atoms with E-state index in [-0.39, 0.29) is 30.3 Å². The highest BCUT2D eigenvalue weighted by Crippen LogP contribution is 2.28. The molecule has 1 aliphatic carbocycles. The Morgan fingerprint density at radius 1 is 1.15 bits per heavy atom. The van der Waals surface area contributed by atoms with Crippen LogP contribution >= 0.6 is 0 Å². The number of carboxylic acid groups (broad SMARTS) is 1. The first-order valence-corrected chi connectivity index (χ1v) is 10.8. The molecule has 2 aromatic rings. The smallest absolute Gasteiger partial charge is 0.475 e. The average molecular weight is 481 g/mol. The van der Waals surface area contributed by atoms with E-state index in [9.17, 15) is 22.8 Å². The fourth-order valence-electron chi connectivity index (χ4n) is 3.50. The number of aliphatic carboxylic acids is 1. The minimum absolute atomic E-state index is 0.0133. The molecule has 1 aliphatic heterocycles. The van der Waals surface area contributed by atoms with Gasteiger partial charge in [0.25, 0.3) is 0 Å². The van der Waals surface area contributed by atoms with Crippen molar-refractivity contribution in [1.82, 2.24) is 20.4 Å². The van der Waals surface area contributed by atoms with Gasteiger partial charge >= 0.3 is 12.1 Å². The minimum Gasteiger partial charge on any atom is -0.475 e. The van der Waals surface area contributed by atoms with E-state index in [1.54, 1.807) is 17.1 Å². The monoisotopic (exact) mass is 481 g/mol. The molecule has 184 valence electrons. The van der Waals surface area contributed by atoms with Crippen LogP contribution in [-0.4, -0.2) is 51.4 Å². The second kappa shape index (κ2) is 11.1. The van der Waals surface area contributed by atoms with Crippen LogP contribution in [0.4, 0.5) is 18.9 Å². The Balaban J connectivity index is 0.000000406. The number of carbonyl (C=O) groups excluding carboxylic acids is 2. The van der Waals surface area contributed by atoms with Crippen LogP contribution in [0.25, 0.3) is 0 Å².